The van der Waals surface area contributed by atoms with Crippen LogP contribution in [-0.4, -0.2) is 27.5 Å². The number of esters is 1. The number of rotatable bonds is 3. The smallest absolute Gasteiger partial charge is 0.339 e. The van der Waals surface area contributed by atoms with Gasteiger partial charge in [0.15, 0.2) is 5.44 Å². The summed E-state index contributed by atoms with van der Waals surface area (Å²) in [7, 11) is 0. The molecule has 0 bridgehead atoms. The molecule has 5 nitrogen and oxygen atoms in total. The van der Waals surface area contributed by atoms with Crippen molar-refractivity contribution in [1.29, 1.82) is 0 Å². The molecule has 32 heavy (non-hydrogen) atoms. The van der Waals surface area contributed by atoms with Crippen LogP contribution in [0.2, 0.25) is 0 Å². The molecule has 160 valence electrons. The minimum atomic E-state index is -1.01. The largest absolute Gasteiger partial charge is 0.478 e. The normalized spacial score (nSPS) is 16.2. The second kappa shape index (κ2) is 8.89. The van der Waals surface area contributed by atoms with E-state index in [1.165, 1.54) is 12.3 Å². The summed E-state index contributed by atoms with van der Waals surface area (Å²) in [5.74, 6) is 4.76. The van der Waals surface area contributed by atoms with Crippen molar-refractivity contribution in [2.24, 2.45) is 0 Å². The molecule has 0 amide bonds. The zero-order valence-corrected chi connectivity index (χ0v) is 18.5. The predicted octanol–water partition coefficient (Wildman–Crippen LogP) is 5.14. The number of carboxylic acid groups (broad SMARTS) is 1. The monoisotopic (exact) mass is 443 g/mol. The number of aromatic carboxylic acids is 1. The summed E-state index contributed by atoms with van der Waals surface area (Å²) < 4.78 is 5.78. The Morgan fingerprint density at radius 3 is 2.53 bits per heavy atom. The van der Waals surface area contributed by atoms with Crippen molar-refractivity contribution in [1.82, 2.24) is 4.98 Å². The Balaban J connectivity index is 1.52. The molecule has 3 aromatic rings. The van der Waals surface area contributed by atoms with Crippen molar-refractivity contribution in [3.63, 3.8) is 0 Å². The standard InChI is InChI=1S/C26H21NO4S/c1-26(2)15-23(31-25(30)18-6-4-3-5-7-18)32-22-13-9-17(14-21(22)26)8-11-20-12-10-19(16-27-20)24(28)29/h3-7,9-10,12-14,16,23H,15H2,1-2H3,(H,28,29). The van der Waals surface area contributed by atoms with E-state index >= 15 is 0 Å². The van der Waals surface area contributed by atoms with Crippen LogP contribution in [0.5, 0.6) is 0 Å². The van der Waals surface area contributed by atoms with Crippen molar-refractivity contribution < 1.29 is 19.4 Å². The summed E-state index contributed by atoms with van der Waals surface area (Å²) in [6.45, 7) is 4.27. The molecule has 1 aromatic heterocycles. The zero-order chi connectivity index (χ0) is 22.7. The predicted molar refractivity (Wildman–Crippen MR) is 123 cm³/mol. The molecule has 0 aliphatic carbocycles. The molecule has 1 unspecified atom stereocenters. The van der Waals surface area contributed by atoms with Gasteiger partial charge in [0.2, 0.25) is 0 Å². The maximum atomic E-state index is 12.5. The first-order valence-electron chi connectivity index (χ1n) is 10.1. The molecule has 1 aliphatic heterocycles. The van der Waals surface area contributed by atoms with E-state index in [1.807, 2.05) is 30.3 Å². The molecule has 0 saturated carbocycles. The first-order valence-corrected chi connectivity index (χ1v) is 11.0. The number of hydrogen-bond donors (Lipinski definition) is 1. The van der Waals surface area contributed by atoms with Crippen molar-refractivity contribution >= 4 is 23.7 Å². The van der Waals surface area contributed by atoms with Crippen LogP contribution >= 0.6 is 11.8 Å². The van der Waals surface area contributed by atoms with E-state index in [9.17, 15) is 9.59 Å². The average molecular weight is 444 g/mol. The van der Waals surface area contributed by atoms with Crippen LogP contribution in [0, 0.1) is 11.8 Å². The molecule has 0 saturated heterocycles. The maximum absolute atomic E-state index is 12.5. The van der Waals surface area contributed by atoms with Gasteiger partial charge in [-0.2, -0.15) is 0 Å². The van der Waals surface area contributed by atoms with Gasteiger partial charge in [0.1, 0.15) is 5.69 Å². The summed E-state index contributed by atoms with van der Waals surface area (Å²) in [6.07, 6.45) is 1.99. The summed E-state index contributed by atoms with van der Waals surface area (Å²) >= 11 is 1.55. The molecule has 1 atom stereocenters. The van der Waals surface area contributed by atoms with Gasteiger partial charge < -0.3 is 9.84 Å². The summed E-state index contributed by atoms with van der Waals surface area (Å²) in [4.78, 5) is 28.6. The lowest BCUT2D eigenvalue weighted by Gasteiger charge is -2.36. The number of hydrogen-bond acceptors (Lipinski definition) is 5. The lowest BCUT2D eigenvalue weighted by Crippen LogP contribution is -2.31. The van der Waals surface area contributed by atoms with Gasteiger partial charge in [-0.25, -0.2) is 14.6 Å². The Morgan fingerprint density at radius 2 is 1.84 bits per heavy atom. The van der Waals surface area contributed by atoms with Gasteiger partial charge in [0, 0.05) is 23.1 Å². The molecule has 4 rings (SSSR count). The van der Waals surface area contributed by atoms with E-state index in [1.54, 1.807) is 30.0 Å². The lowest BCUT2D eigenvalue weighted by molar-refractivity contribution is 0.0415. The molecule has 0 radical (unpaired) electrons. The fourth-order valence-corrected chi connectivity index (χ4v) is 5.03. The Bertz CT molecular complexity index is 1220. The molecular formula is C26H21NO4S. The van der Waals surface area contributed by atoms with Gasteiger partial charge >= 0.3 is 11.9 Å². The molecule has 2 aromatic carbocycles. The number of carbonyl (C=O) groups excluding carboxylic acids is 1. The van der Waals surface area contributed by atoms with E-state index in [4.69, 9.17) is 9.84 Å². The first kappa shape index (κ1) is 21.7. The second-order valence-electron chi connectivity index (χ2n) is 8.10. The summed E-state index contributed by atoms with van der Waals surface area (Å²) in [5, 5.41) is 8.96. The number of fused-ring (bicyclic) bond motifs is 1. The highest BCUT2D eigenvalue weighted by Gasteiger charge is 2.35. The third kappa shape index (κ3) is 4.84. The van der Waals surface area contributed by atoms with Crippen LogP contribution in [0.15, 0.2) is 71.8 Å². The molecular weight excluding hydrogens is 422 g/mol. The van der Waals surface area contributed by atoms with Gasteiger partial charge in [0.05, 0.1) is 11.1 Å². The highest BCUT2D eigenvalue weighted by Crippen LogP contribution is 2.46. The van der Waals surface area contributed by atoms with Crippen LogP contribution in [0.1, 0.15) is 57.8 Å². The highest BCUT2D eigenvalue weighted by molar-refractivity contribution is 7.99. The highest BCUT2D eigenvalue weighted by atomic mass is 32.2. The zero-order valence-electron chi connectivity index (χ0n) is 17.7. The molecule has 0 fully saturated rings. The van der Waals surface area contributed by atoms with Gasteiger partial charge in [0.25, 0.3) is 0 Å². The third-order valence-electron chi connectivity index (χ3n) is 5.24. The number of nitrogens with zero attached hydrogens (tertiary/aromatic N) is 1. The molecule has 0 spiro atoms. The summed E-state index contributed by atoms with van der Waals surface area (Å²) in [5.41, 5.74) is 2.74. The van der Waals surface area contributed by atoms with Gasteiger partial charge in [-0.3, -0.25) is 0 Å². The first-order chi connectivity index (χ1) is 15.3. The Labute approximate surface area is 190 Å². The van der Waals surface area contributed by atoms with Crippen LogP contribution in [-0.2, 0) is 10.2 Å². The maximum Gasteiger partial charge on any atom is 0.339 e. The molecule has 1 aliphatic rings. The number of ether oxygens (including phenoxy) is 1. The van der Waals surface area contributed by atoms with Crippen molar-refractivity contribution in [3.05, 3.63) is 94.8 Å². The Kier molecular flexibility index (Phi) is 6.02. The molecule has 1 N–H and O–H groups in total. The van der Waals surface area contributed by atoms with E-state index in [2.05, 4.69) is 36.7 Å². The Hall–Kier alpha value is -3.56. The third-order valence-corrected chi connectivity index (χ3v) is 6.37. The van der Waals surface area contributed by atoms with Gasteiger partial charge in [-0.1, -0.05) is 49.7 Å². The molecule has 2 heterocycles. The molecule has 6 heteroatoms. The van der Waals surface area contributed by atoms with Gasteiger partial charge in [-0.05, 0) is 59.4 Å². The minimum Gasteiger partial charge on any atom is -0.478 e. The van der Waals surface area contributed by atoms with E-state index in [0.29, 0.717) is 17.7 Å². The van der Waals surface area contributed by atoms with E-state index in [0.717, 1.165) is 16.0 Å². The lowest BCUT2D eigenvalue weighted by atomic mass is 9.80. The number of pyridine rings is 1. The van der Waals surface area contributed by atoms with E-state index in [-0.39, 0.29) is 22.4 Å². The van der Waals surface area contributed by atoms with Crippen molar-refractivity contribution in [2.75, 3.05) is 0 Å². The fourth-order valence-electron chi connectivity index (χ4n) is 3.51. The van der Waals surface area contributed by atoms with E-state index < -0.39 is 5.97 Å². The number of carbonyl (C=O) groups is 2. The minimum absolute atomic E-state index is 0.130. The number of aromatic nitrogens is 1. The van der Waals surface area contributed by atoms with Crippen molar-refractivity contribution in [2.45, 2.75) is 36.0 Å². The number of thioether (sulfide) groups is 1. The fraction of sp³-hybridized carbons (Fsp3) is 0.192. The van der Waals surface area contributed by atoms with Gasteiger partial charge in [-0.15, -0.1) is 0 Å². The number of benzene rings is 2. The summed E-state index contributed by atoms with van der Waals surface area (Å²) in [6, 6.07) is 18.1. The van der Waals surface area contributed by atoms with Crippen LogP contribution < -0.4 is 0 Å². The van der Waals surface area contributed by atoms with Crippen molar-refractivity contribution in [3.8, 4) is 11.8 Å². The average Bonchev–Trinajstić information content (AvgIpc) is 2.78. The SMILES string of the molecule is CC1(C)CC(OC(=O)c2ccccc2)Sc2ccc(C#Cc3ccc(C(=O)O)cn3)cc21. The quantitative estimate of drug-likeness (QED) is 0.446. The topological polar surface area (TPSA) is 76.5 Å². The van der Waals surface area contributed by atoms with Crippen LogP contribution in [0.3, 0.4) is 0 Å². The van der Waals surface area contributed by atoms with Crippen LogP contribution in [0.25, 0.3) is 0 Å². The Morgan fingerprint density at radius 1 is 1.06 bits per heavy atom. The second-order valence-corrected chi connectivity index (χ2v) is 9.31. The van der Waals surface area contributed by atoms with Crippen LogP contribution in [0.4, 0.5) is 0 Å². The number of carboxylic acids is 1.